The minimum atomic E-state index is -2.26. The van der Waals surface area contributed by atoms with Gasteiger partial charge in [0.25, 0.3) is 0 Å². The van der Waals surface area contributed by atoms with Gasteiger partial charge in [-0.25, -0.2) is 4.79 Å². The second kappa shape index (κ2) is 9.48. The average Bonchev–Trinajstić information content (AvgIpc) is 3.65. The summed E-state index contributed by atoms with van der Waals surface area (Å²) < 4.78 is 31.1. The molecule has 5 rings (SSSR count). The predicted octanol–water partition coefficient (Wildman–Crippen LogP) is 4.88. The normalized spacial score (nSPS) is 33.0. The maximum Gasteiger partial charge on any atom is 0.415 e. The number of rotatable bonds is 6. The summed E-state index contributed by atoms with van der Waals surface area (Å²) in [5.41, 5.74) is -3.58. The maximum atomic E-state index is 13.7. The zero-order chi connectivity index (χ0) is 30.1. The van der Waals surface area contributed by atoms with E-state index in [4.69, 9.17) is 23.4 Å². The number of hydrogen-bond acceptors (Lipinski definition) is 7. The average molecular weight is 578 g/mol. The van der Waals surface area contributed by atoms with Gasteiger partial charge in [0.05, 0.1) is 5.69 Å². The number of epoxide rings is 1. The van der Waals surface area contributed by atoms with Crippen molar-refractivity contribution in [2.75, 3.05) is 25.7 Å². The van der Waals surface area contributed by atoms with Gasteiger partial charge in [-0.05, 0) is 54.4 Å². The molecule has 0 spiro atoms. The highest BCUT2D eigenvalue weighted by Crippen LogP contribution is 2.77. The van der Waals surface area contributed by atoms with Gasteiger partial charge < -0.3 is 28.5 Å². The van der Waals surface area contributed by atoms with E-state index in [1.54, 1.807) is 18.2 Å². The van der Waals surface area contributed by atoms with Crippen molar-refractivity contribution in [1.29, 1.82) is 0 Å². The molecule has 5 atom stereocenters. The molecule has 1 saturated heterocycles. The Morgan fingerprint density at radius 3 is 2.56 bits per heavy atom. The molecule has 1 unspecified atom stereocenters. The summed E-state index contributed by atoms with van der Waals surface area (Å²) >= 11 is 0. The predicted molar refractivity (Wildman–Crippen MR) is 158 cm³/mol. The van der Waals surface area contributed by atoms with Gasteiger partial charge in [0, 0.05) is 26.2 Å². The van der Waals surface area contributed by atoms with E-state index in [9.17, 15) is 9.90 Å². The highest BCUT2D eigenvalue weighted by molar-refractivity contribution is 6.74. The molecule has 0 aromatic heterocycles. The molecule has 2 aliphatic heterocycles. The molecule has 1 aromatic carbocycles. The first-order chi connectivity index (χ1) is 19.2. The fourth-order valence-electron chi connectivity index (χ4n) is 6.49. The minimum Gasteiger partial charge on any atom is -0.543 e. The SMILES string of the molecule is C=CCOC(=O)N1c2ccc(O[Si](C)(C)C(C)(C)C)cc2[C@@]23O[C@@]24[C@@H]1C#C/C=C\C#CC3(O)C(OC)(OC)C[C@@H]4C. The van der Waals surface area contributed by atoms with Crippen LogP contribution in [0.1, 0.15) is 39.7 Å². The number of carbonyl (C=O) groups excluding carboxylic acids is 1. The Morgan fingerprint density at radius 1 is 1.24 bits per heavy atom. The number of ether oxygens (including phenoxy) is 4. The lowest BCUT2D eigenvalue weighted by Gasteiger charge is -2.55. The number of fused-ring (bicyclic) bond motifs is 1. The van der Waals surface area contributed by atoms with Gasteiger partial charge in [0.1, 0.15) is 24.0 Å². The van der Waals surface area contributed by atoms with Crippen LogP contribution in [0.15, 0.2) is 43.0 Å². The molecule has 1 N–H and O–H groups in total. The number of nitrogens with zero attached hydrogens (tertiary/aromatic N) is 1. The van der Waals surface area contributed by atoms with E-state index in [-0.39, 0.29) is 24.0 Å². The lowest BCUT2D eigenvalue weighted by molar-refractivity contribution is -0.316. The number of hydrogen-bond donors (Lipinski definition) is 1. The largest absolute Gasteiger partial charge is 0.543 e. The van der Waals surface area contributed by atoms with Crippen LogP contribution in [0.5, 0.6) is 5.75 Å². The van der Waals surface area contributed by atoms with Crippen LogP contribution in [0, 0.1) is 29.6 Å². The van der Waals surface area contributed by atoms with E-state index in [0.29, 0.717) is 17.0 Å². The Kier molecular flexibility index (Phi) is 6.81. The second-order valence-electron chi connectivity index (χ2n) is 12.6. The molecule has 0 radical (unpaired) electrons. The van der Waals surface area contributed by atoms with Crippen LogP contribution in [0.2, 0.25) is 18.1 Å². The molecular formula is C32H39NO7Si. The van der Waals surface area contributed by atoms with Gasteiger partial charge in [-0.3, -0.25) is 4.90 Å². The first kappa shape index (κ1) is 29.4. The summed E-state index contributed by atoms with van der Waals surface area (Å²) in [5.74, 6) is 11.0. The lowest BCUT2D eigenvalue weighted by Crippen LogP contribution is -2.73. The monoisotopic (exact) mass is 577 g/mol. The van der Waals surface area contributed by atoms with Crippen molar-refractivity contribution >= 4 is 20.1 Å². The van der Waals surface area contributed by atoms with E-state index in [1.807, 2.05) is 19.1 Å². The number of benzene rings is 1. The highest BCUT2D eigenvalue weighted by Gasteiger charge is 2.93. The topological polar surface area (TPSA) is 90.0 Å². The van der Waals surface area contributed by atoms with Crippen LogP contribution >= 0.6 is 0 Å². The number of amides is 1. The molecular weight excluding hydrogens is 538 g/mol. The maximum absolute atomic E-state index is 13.7. The number of methoxy groups -OCH3 is 2. The number of anilines is 1. The Balaban J connectivity index is 1.84. The number of carbonyl (C=O) groups is 1. The van der Waals surface area contributed by atoms with Crippen molar-refractivity contribution in [3.63, 3.8) is 0 Å². The summed E-state index contributed by atoms with van der Waals surface area (Å²) in [6.45, 7) is 16.5. The van der Waals surface area contributed by atoms with Gasteiger partial charge in [0.15, 0.2) is 5.60 Å². The molecule has 1 amide bonds. The Bertz CT molecular complexity index is 1440. The number of allylic oxidation sites excluding steroid dienone is 2. The van der Waals surface area contributed by atoms with Crippen LogP contribution in [0.3, 0.4) is 0 Å². The summed E-state index contributed by atoms with van der Waals surface area (Å²) in [7, 11) is 0.732. The zero-order valence-corrected chi connectivity index (χ0v) is 26.1. The van der Waals surface area contributed by atoms with E-state index in [1.165, 1.54) is 25.2 Å². The molecule has 8 nitrogen and oxygen atoms in total. The molecule has 1 aromatic rings. The fraction of sp³-hybridized carbons (Fsp3) is 0.531. The third kappa shape index (κ3) is 3.73. The van der Waals surface area contributed by atoms with Gasteiger partial charge in [-0.15, -0.1) is 0 Å². The minimum absolute atomic E-state index is 0.0255. The van der Waals surface area contributed by atoms with Crippen molar-refractivity contribution in [1.82, 2.24) is 0 Å². The molecule has 9 heteroatoms. The molecule has 2 heterocycles. The Morgan fingerprint density at radius 2 is 1.93 bits per heavy atom. The fourth-order valence-corrected chi connectivity index (χ4v) is 7.51. The summed E-state index contributed by atoms with van der Waals surface area (Å²) in [5, 5.41) is 12.8. The van der Waals surface area contributed by atoms with Gasteiger partial charge in [-0.2, -0.15) is 0 Å². The Labute approximate surface area is 243 Å². The van der Waals surface area contributed by atoms with Crippen LogP contribution in [0.25, 0.3) is 0 Å². The van der Waals surface area contributed by atoms with Crippen LogP contribution in [-0.4, -0.2) is 63.4 Å². The molecule has 218 valence electrons. The van der Waals surface area contributed by atoms with Crippen molar-refractivity contribution < 1.29 is 33.3 Å². The zero-order valence-electron chi connectivity index (χ0n) is 25.1. The van der Waals surface area contributed by atoms with Crippen molar-refractivity contribution in [3.8, 4) is 29.4 Å². The molecule has 4 aliphatic rings. The van der Waals surface area contributed by atoms with Gasteiger partial charge in [0.2, 0.25) is 19.7 Å². The van der Waals surface area contributed by atoms with E-state index in [0.717, 1.165) is 0 Å². The molecule has 1 saturated carbocycles. The summed E-state index contributed by atoms with van der Waals surface area (Å²) in [4.78, 5) is 15.2. The first-order valence-corrected chi connectivity index (χ1v) is 16.7. The van der Waals surface area contributed by atoms with Crippen molar-refractivity contribution in [2.24, 2.45) is 5.92 Å². The third-order valence-electron chi connectivity index (χ3n) is 9.55. The molecule has 4 bridgehead atoms. The van der Waals surface area contributed by atoms with Crippen LogP contribution in [0.4, 0.5) is 10.5 Å². The van der Waals surface area contributed by atoms with Crippen molar-refractivity contribution in [3.05, 3.63) is 48.6 Å². The van der Waals surface area contributed by atoms with Crippen LogP contribution in [-0.2, 0) is 24.5 Å². The third-order valence-corrected chi connectivity index (χ3v) is 13.9. The lowest BCUT2D eigenvalue weighted by atomic mass is 9.55. The molecule has 41 heavy (non-hydrogen) atoms. The van der Waals surface area contributed by atoms with Crippen molar-refractivity contribution in [2.45, 2.75) is 80.9 Å². The molecule has 2 fully saturated rings. The van der Waals surface area contributed by atoms with E-state index in [2.05, 4.69) is 64.1 Å². The summed E-state index contributed by atoms with van der Waals surface area (Å²) in [6, 6.07) is 4.69. The van der Waals surface area contributed by atoms with E-state index >= 15 is 0 Å². The summed E-state index contributed by atoms with van der Waals surface area (Å²) in [6.07, 6.45) is 4.29. The second-order valence-corrected chi connectivity index (χ2v) is 17.3. The van der Waals surface area contributed by atoms with E-state index < -0.39 is 43.0 Å². The standard InChI is InChI=1S/C32H39NO7Si/c1-10-19-38-27(34)33-25-17-16-23(39-41(8,9)28(3,4)5)20-24(25)32-29(35)18-14-12-11-13-15-26(33)31(32,40-32)22(2)21-30(29,36-6)37-7/h10-12,16-17,20,22,26,35H,1,19,21H2,2-9H3/b12-11-/t22-,26-,29?,31-,32-/m0/s1. The Hall–Kier alpha value is -3.05. The number of aliphatic hydroxyl groups is 1. The van der Waals surface area contributed by atoms with Crippen LogP contribution < -0.4 is 9.33 Å². The quantitative estimate of drug-likeness (QED) is 0.169. The first-order valence-electron chi connectivity index (χ1n) is 13.8. The smallest absolute Gasteiger partial charge is 0.415 e. The van der Waals surface area contributed by atoms with Gasteiger partial charge in [-0.1, -0.05) is 64.0 Å². The van der Waals surface area contributed by atoms with Gasteiger partial charge >= 0.3 is 6.09 Å². The highest BCUT2D eigenvalue weighted by atomic mass is 28.4. The molecule has 2 aliphatic carbocycles.